The molecule has 2 nitrogen and oxygen atoms in total. The summed E-state index contributed by atoms with van der Waals surface area (Å²) in [4.78, 5) is 13.2. The van der Waals surface area contributed by atoms with Crippen LogP contribution in [0.25, 0.3) is 6.08 Å². The average Bonchev–Trinajstić information content (AvgIpc) is 2.71. The molecule has 1 atom stereocenters. The van der Waals surface area contributed by atoms with Gasteiger partial charge in [-0.05, 0) is 41.3 Å². The summed E-state index contributed by atoms with van der Waals surface area (Å²) in [5.74, 6) is 0.671. The molecular weight excluding hydrogens is 320 g/mol. The summed E-state index contributed by atoms with van der Waals surface area (Å²) in [6, 6.07) is 25.7. The van der Waals surface area contributed by atoms with E-state index in [0.717, 1.165) is 17.5 Å². The molecule has 0 N–H and O–H groups in total. The molecule has 1 heterocycles. The van der Waals surface area contributed by atoms with Crippen molar-refractivity contribution in [2.24, 2.45) is 0 Å². The van der Waals surface area contributed by atoms with E-state index < -0.39 is 6.10 Å². The van der Waals surface area contributed by atoms with Crippen LogP contribution in [0.3, 0.4) is 0 Å². The number of aryl methyl sites for hydroxylation is 1. The highest BCUT2D eigenvalue weighted by molar-refractivity contribution is 6.14. The van der Waals surface area contributed by atoms with Crippen LogP contribution in [-0.2, 0) is 6.42 Å². The molecule has 0 amide bonds. The number of Topliss-reactive ketones (excluding diaryl/α,β-unsaturated/α-hetero) is 1. The minimum absolute atomic E-state index is 0.0280. The standard InChI is InChI=1S/C24H20O2/c1-2-17-12-14-18(15-13-17)16-21-23(25)20-10-6-7-11-22(20)26-24(21)19-8-4-3-5-9-19/h3-16,24H,2H2,1H3/b21-16-/t24-/m0/s1. The van der Waals surface area contributed by atoms with Crippen LogP contribution < -0.4 is 4.74 Å². The van der Waals surface area contributed by atoms with Crippen molar-refractivity contribution in [3.05, 3.63) is 107 Å². The lowest BCUT2D eigenvalue weighted by Gasteiger charge is -2.28. The molecule has 0 saturated heterocycles. The number of carbonyl (C=O) groups excluding carboxylic acids is 1. The first kappa shape index (κ1) is 16.3. The monoisotopic (exact) mass is 340 g/mol. The molecule has 4 rings (SSSR count). The minimum atomic E-state index is -0.399. The third kappa shape index (κ3) is 3.06. The highest BCUT2D eigenvalue weighted by atomic mass is 16.5. The minimum Gasteiger partial charge on any atom is -0.480 e. The predicted molar refractivity (Wildman–Crippen MR) is 104 cm³/mol. The third-order valence-electron chi connectivity index (χ3n) is 4.73. The van der Waals surface area contributed by atoms with Crippen molar-refractivity contribution in [2.75, 3.05) is 0 Å². The maximum atomic E-state index is 13.2. The van der Waals surface area contributed by atoms with Gasteiger partial charge in [0.05, 0.1) is 5.56 Å². The molecule has 1 aliphatic heterocycles. The van der Waals surface area contributed by atoms with E-state index in [9.17, 15) is 4.79 Å². The number of rotatable bonds is 3. The maximum Gasteiger partial charge on any atom is 0.196 e. The lowest BCUT2D eigenvalue weighted by Crippen LogP contribution is -2.23. The second kappa shape index (κ2) is 7.01. The summed E-state index contributed by atoms with van der Waals surface area (Å²) in [6.07, 6.45) is 2.55. The number of fused-ring (bicyclic) bond motifs is 1. The maximum absolute atomic E-state index is 13.2. The number of benzene rings is 3. The quantitative estimate of drug-likeness (QED) is 0.576. The van der Waals surface area contributed by atoms with Crippen LogP contribution in [0.5, 0.6) is 5.75 Å². The molecule has 3 aromatic carbocycles. The van der Waals surface area contributed by atoms with Gasteiger partial charge in [0.2, 0.25) is 0 Å². The van der Waals surface area contributed by atoms with Crippen LogP contribution in [-0.4, -0.2) is 5.78 Å². The molecule has 0 saturated carbocycles. The van der Waals surface area contributed by atoms with Gasteiger partial charge >= 0.3 is 0 Å². The van der Waals surface area contributed by atoms with Gasteiger partial charge in [0.1, 0.15) is 5.75 Å². The van der Waals surface area contributed by atoms with Gasteiger partial charge in [0.15, 0.2) is 11.9 Å². The van der Waals surface area contributed by atoms with Gasteiger partial charge in [-0.1, -0.05) is 73.7 Å². The topological polar surface area (TPSA) is 26.3 Å². The number of carbonyl (C=O) groups is 1. The molecule has 2 heteroatoms. The van der Waals surface area contributed by atoms with Crippen molar-refractivity contribution < 1.29 is 9.53 Å². The van der Waals surface area contributed by atoms with Crippen molar-refractivity contribution in [1.29, 1.82) is 0 Å². The van der Waals surface area contributed by atoms with Gasteiger partial charge in [-0.15, -0.1) is 0 Å². The molecule has 128 valence electrons. The molecule has 0 radical (unpaired) electrons. The smallest absolute Gasteiger partial charge is 0.196 e. The molecule has 0 fully saturated rings. The molecule has 0 bridgehead atoms. The first-order chi connectivity index (χ1) is 12.8. The Labute approximate surface area is 153 Å². The zero-order valence-corrected chi connectivity index (χ0v) is 14.7. The van der Waals surface area contributed by atoms with Crippen molar-refractivity contribution in [2.45, 2.75) is 19.4 Å². The first-order valence-corrected chi connectivity index (χ1v) is 8.92. The van der Waals surface area contributed by atoms with Gasteiger partial charge in [-0.3, -0.25) is 4.79 Å². The van der Waals surface area contributed by atoms with Gasteiger partial charge < -0.3 is 4.74 Å². The van der Waals surface area contributed by atoms with Crippen molar-refractivity contribution in [3.8, 4) is 5.75 Å². The molecule has 0 aliphatic carbocycles. The molecule has 26 heavy (non-hydrogen) atoms. The first-order valence-electron chi connectivity index (χ1n) is 8.92. The van der Waals surface area contributed by atoms with E-state index >= 15 is 0 Å². The number of hydrogen-bond donors (Lipinski definition) is 0. The highest BCUT2D eigenvalue weighted by Gasteiger charge is 2.32. The van der Waals surface area contributed by atoms with Gasteiger partial charge in [-0.25, -0.2) is 0 Å². The Morgan fingerprint density at radius 3 is 2.31 bits per heavy atom. The van der Waals surface area contributed by atoms with Crippen LogP contribution >= 0.6 is 0 Å². The normalized spacial score (nSPS) is 17.7. The number of ketones is 1. The highest BCUT2D eigenvalue weighted by Crippen LogP contribution is 2.39. The fourth-order valence-electron chi connectivity index (χ4n) is 3.27. The SMILES string of the molecule is CCc1ccc(/C=C2/C(=O)c3ccccc3O[C@H]2c2ccccc2)cc1. The van der Waals surface area contributed by atoms with Gasteiger partial charge in [0.25, 0.3) is 0 Å². The zero-order chi connectivity index (χ0) is 17.9. The second-order valence-corrected chi connectivity index (χ2v) is 6.43. The van der Waals surface area contributed by atoms with Crippen LogP contribution in [0.15, 0.2) is 84.4 Å². The van der Waals surface area contributed by atoms with Gasteiger partial charge in [-0.2, -0.15) is 0 Å². The van der Waals surface area contributed by atoms with Crippen LogP contribution in [0.1, 0.15) is 40.1 Å². The van der Waals surface area contributed by atoms with E-state index in [1.807, 2.05) is 60.7 Å². The zero-order valence-electron chi connectivity index (χ0n) is 14.7. The molecule has 0 spiro atoms. The number of hydrogen-bond acceptors (Lipinski definition) is 2. The summed E-state index contributed by atoms with van der Waals surface area (Å²) < 4.78 is 6.23. The summed E-state index contributed by atoms with van der Waals surface area (Å²) >= 11 is 0. The molecule has 3 aromatic rings. The fourth-order valence-corrected chi connectivity index (χ4v) is 3.27. The van der Waals surface area contributed by atoms with Crippen molar-refractivity contribution in [1.82, 2.24) is 0 Å². The third-order valence-corrected chi connectivity index (χ3v) is 4.73. The fraction of sp³-hybridized carbons (Fsp3) is 0.125. The Hall–Kier alpha value is -3.13. The van der Waals surface area contributed by atoms with Crippen LogP contribution in [0.2, 0.25) is 0 Å². The lowest BCUT2D eigenvalue weighted by atomic mass is 9.89. The number of ether oxygens (including phenoxy) is 1. The summed E-state index contributed by atoms with van der Waals surface area (Å²) in [6.45, 7) is 2.13. The predicted octanol–water partition coefficient (Wildman–Crippen LogP) is 5.65. The summed E-state index contributed by atoms with van der Waals surface area (Å²) in [5, 5.41) is 0. The van der Waals surface area contributed by atoms with E-state index in [2.05, 4.69) is 31.2 Å². The Bertz CT molecular complexity index is 953. The van der Waals surface area contributed by atoms with Crippen LogP contribution in [0, 0.1) is 0 Å². The van der Waals surface area contributed by atoms with E-state index in [1.54, 1.807) is 0 Å². The summed E-state index contributed by atoms with van der Waals surface area (Å²) in [5.41, 5.74) is 4.56. The summed E-state index contributed by atoms with van der Waals surface area (Å²) in [7, 11) is 0. The Balaban J connectivity index is 1.82. The van der Waals surface area contributed by atoms with Crippen LogP contribution in [0.4, 0.5) is 0 Å². The van der Waals surface area contributed by atoms with E-state index in [-0.39, 0.29) is 5.78 Å². The Kier molecular flexibility index (Phi) is 4.40. The molecule has 0 aromatic heterocycles. The molecular formula is C24H20O2. The largest absolute Gasteiger partial charge is 0.480 e. The van der Waals surface area contributed by atoms with Crippen molar-refractivity contribution in [3.63, 3.8) is 0 Å². The van der Waals surface area contributed by atoms with E-state index in [1.165, 1.54) is 5.56 Å². The second-order valence-electron chi connectivity index (χ2n) is 6.43. The van der Waals surface area contributed by atoms with E-state index in [4.69, 9.17) is 4.74 Å². The van der Waals surface area contributed by atoms with Crippen molar-refractivity contribution >= 4 is 11.9 Å². The Morgan fingerprint density at radius 2 is 1.58 bits per heavy atom. The van der Waals surface area contributed by atoms with Gasteiger partial charge in [0, 0.05) is 5.57 Å². The molecule has 1 aliphatic rings. The van der Waals surface area contributed by atoms with E-state index in [0.29, 0.717) is 16.9 Å². The average molecular weight is 340 g/mol. The number of para-hydroxylation sites is 1. The lowest BCUT2D eigenvalue weighted by molar-refractivity contribution is 0.0963. The molecule has 0 unspecified atom stereocenters. The Morgan fingerprint density at radius 1 is 0.885 bits per heavy atom.